The highest BCUT2D eigenvalue weighted by Gasteiger charge is 1.99. The molecule has 0 saturated carbocycles. The summed E-state index contributed by atoms with van der Waals surface area (Å²) in [5.41, 5.74) is 3.87. The predicted molar refractivity (Wildman–Crippen MR) is 52.6 cm³/mol. The molecule has 11 heavy (non-hydrogen) atoms. The van der Waals surface area contributed by atoms with E-state index in [2.05, 4.69) is 33.9 Å². The summed E-state index contributed by atoms with van der Waals surface area (Å²) in [4.78, 5) is 0. The highest BCUT2D eigenvalue weighted by atomic mass is 14.1. The van der Waals surface area contributed by atoms with Crippen molar-refractivity contribution >= 4 is 0 Å². The standard InChI is InChI=1S/C11H18/c1-6-9(4)11(8-3)10(5)7-2/h6H,1,5,7-8H2,2-4H3/b11-9-. The Balaban J connectivity index is 4.64. The molecule has 0 fully saturated rings. The molecule has 0 bridgehead atoms. The van der Waals surface area contributed by atoms with E-state index in [-0.39, 0.29) is 0 Å². The van der Waals surface area contributed by atoms with Gasteiger partial charge in [0.05, 0.1) is 0 Å². The van der Waals surface area contributed by atoms with Crippen LogP contribution in [0.15, 0.2) is 36.0 Å². The van der Waals surface area contributed by atoms with Gasteiger partial charge in [-0.15, -0.1) is 0 Å². The quantitative estimate of drug-likeness (QED) is 0.534. The molecule has 0 saturated heterocycles. The van der Waals surface area contributed by atoms with Crippen molar-refractivity contribution in [2.45, 2.75) is 33.6 Å². The van der Waals surface area contributed by atoms with Crippen molar-refractivity contribution in [3.8, 4) is 0 Å². The molecule has 0 aromatic heterocycles. The molecule has 62 valence electrons. The Labute approximate surface area is 70.3 Å². The normalized spacial score (nSPS) is 12.3. The van der Waals surface area contributed by atoms with Crippen molar-refractivity contribution in [1.29, 1.82) is 0 Å². The van der Waals surface area contributed by atoms with Gasteiger partial charge >= 0.3 is 0 Å². The number of hydrogen-bond donors (Lipinski definition) is 0. The Morgan fingerprint density at radius 3 is 2.09 bits per heavy atom. The molecule has 0 aromatic carbocycles. The van der Waals surface area contributed by atoms with Gasteiger partial charge in [0.2, 0.25) is 0 Å². The molecule has 0 aliphatic heterocycles. The molecule has 0 heteroatoms. The molecule has 0 rings (SSSR count). The van der Waals surface area contributed by atoms with Gasteiger partial charge in [-0.2, -0.15) is 0 Å². The van der Waals surface area contributed by atoms with Crippen molar-refractivity contribution < 1.29 is 0 Å². The maximum atomic E-state index is 4.01. The van der Waals surface area contributed by atoms with Gasteiger partial charge in [0.1, 0.15) is 0 Å². The van der Waals surface area contributed by atoms with Gasteiger partial charge in [-0.25, -0.2) is 0 Å². The topological polar surface area (TPSA) is 0 Å². The zero-order valence-corrected chi connectivity index (χ0v) is 7.91. The molecule has 0 atom stereocenters. The lowest BCUT2D eigenvalue weighted by atomic mass is 9.98. The van der Waals surface area contributed by atoms with E-state index >= 15 is 0 Å². The summed E-state index contributed by atoms with van der Waals surface area (Å²) < 4.78 is 0. The minimum absolute atomic E-state index is 1.04. The van der Waals surface area contributed by atoms with Crippen LogP contribution in [0.3, 0.4) is 0 Å². The van der Waals surface area contributed by atoms with Crippen molar-refractivity contribution in [3.63, 3.8) is 0 Å². The maximum absolute atomic E-state index is 4.01. The van der Waals surface area contributed by atoms with E-state index in [4.69, 9.17) is 0 Å². The van der Waals surface area contributed by atoms with E-state index in [1.807, 2.05) is 6.08 Å². The first kappa shape index (κ1) is 10.2. The molecular formula is C11H18. The lowest BCUT2D eigenvalue weighted by Gasteiger charge is -2.08. The van der Waals surface area contributed by atoms with Crippen molar-refractivity contribution in [3.05, 3.63) is 36.0 Å². The zero-order chi connectivity index (χ0) is 8.85. The summed E-state index contributed by atoms with van der Waals surface area (Å²) in [5, 5.41) is 0. The molecule has 0 amide bonds. The first-order chi connectivity index (χ1) is 5.17. The fourth-order valence-corrected chi connectivity index (χ4v) is 1.14. The minimum atomic E-state index is 1.04. The van der Waals surface area contributed by atoms with Crippen molar-refractivity contribution in [1.82, 2.24) is 0 Å². The van der Waals surface area contributed by atoms with Crippen LogP contribution in [0.5, 0.6) is 0 Å². The molecule has 0 spiro atoms. The highest BCUT2D eigenvalue weighted by molar-refractivity contribution is 5.36. The summed E-state index contributed by atoms with van der Waals surface area (Å²) >= 11 is 0. The lowest BCUT2D eigenvalue weighted by molar-refractivity contribution is 1.01. The van der Waals surface area contributed by atoms with Gasteiger partial charge in [0, 0.05) is 0 Å². The third kappa shape index (κ3) is 2.75. The summed E-state index contributed by atoms with van der Waals surface area (Å²) in [6.07, 6.45) is 4.00. The number of allylic oxidation sites excluding steroid dienone is 4. The lowest BCUT2D eigenvalue weighted by Crippen LogP contribution is -1.88. The van der Waals surface area contributed by atoms with Crippen molar-refractivity contribution in [2.24, 2.45) is 0 Å². The summed E-state index contributed by atoms with van der Waals surface area (Å²) in [6, 6.07) is 0. The van der Waals surface area contributed by atoms with Crippen LogP contribution in [0.25, 0.3) is 0 Å². The van der Waals surface area contributed by atoms with E-state index in [1.54, 1.807) is 0 Å². The van der Waals surface area contributed by atoms with Crippen LogP contribution in [0.1, 0.15) is 33.6 Å². The van der Waals surface area contributed by atoms with Gasteiger partial charge < -0.3 is 0 Å². The minimum Gasteiger partial charge on any atom is -0.0988 e. The molecular weight excluding hydrogens is 132 g/mol. The average molecular weight is 150 g/mol. The van der Waals surface area contributed by atoms with Crippen LogP contribution < -0.4 is 0 Å². The van der Waals surface area contributed by atoms with E-state index < -0.39 is 0 Å². The summed E-state index contributed by atoms with van der Waals surface area (Å²) in [6.45, 7) is 14.1. The second kappa shape index (κ2) is 4.95. The Morgan fingerprint density at radius 2 is 1.82 bits per heavy atom. The fourth-order valence-electron chi connectivity index (χ4n) is 1.14. The van der Waals surface area contributed by atoms with E-state index in [0.717, 1.165) is 12.8 Å². The highest BCUT2D eigenvalue weighted by Crippen LogP contribution is 2.19. The number of hydrogen-bond acceptors (Lipinski definition) is 0. The molecule has 0 unspecified atom stereocenters. The molecule has 0 nitrogen and oxygen atoms in total. The van der Waals surface area contributed by atoms with E-state index in [0.29, 0.717) is 0 Å². The summed E-state index contributed by atoms with van der Waals surface area (Å²) in [7, 11) is 0. The fraction of sp³-hybridized carbons (Fsp3) is 0.455. The third-order valence-corrected chi connectivity index (χ3v) is 1.99. The molecule has 0 aromatic rings. The first-order valence-corrected chi connectivity index (χ1v) is 4.17. The maximum Gasteiger partial charge on any atom is -0.0302 e. The molecule has 0 N–H and O–H groups in total. The van der Waals surface area contributed by atoms with Crippen LogP contribution >= 0.6 is 0 Å². The molecule has 0 radical (unpaired) electrons. The Morgan fingerprint density at radius 1 is 1.27 bits per heavy atom. The zero-order valence-electron chi connectivity index (χ0n) is 7.91. The third-order valence-electron chi connectivity index (χ3n) is 1.99. The Hall–Kier alpha value is -0.780. The molecule has 0 aliphatic rings. The van der Waals surface area contributed by atoms with Gasteiger partial charge in [0.15, 0.2) is 0 Å². The van der Waals surface area contributed by atoms with Crippen molar-refractivity contribution in [2.75, 3.05) is 0 Å². The first-order valence-electron chi connectivity index (χ1n) is 4.17. The number of rotatable bonds is 4. The van der Waals surface area contributed by atoms with Crippen LogP contribution in [-0.2, 0) is 0 Å². The van der Waals surface area contributed by atoms with Crippen LogP contribution in [-0.4, -0.2) is 0 Å². The SMILES string of the molecule is C=C/C(C)=C(/CC)C(=C)CC. The van der Waals surface area contributed by atoms with Crippen LogP contribution in [0, 0.1) is 0 Å². The Bertz CT molecular complexity index is 182. The van der Waals surface area contributed by atoms with Gasteiger partial charge in [-0.1, -0.05) is 38.7 Å². The Kier molecular flexibility index (Phi) is 4.60. The van der Waals surface area contributed by atoms with Crippen LogP contribution in [0.2, 0.25) is 0 Å². The van der Waals surface area contributed by atoms with Crippen LogP contribution in [0.4, 0.5) is 0 Å². The largest absolute Gasteiger partial charge is 0.0988 e. The van der Waals surface area contributed by atoms with Gasteiger partial charge in [-0.3, -0.25) is 0 Å². The second-order valence-corrected chi connectivity index (χ2v) is 2.68. The monoisotopic (exact) mass is 150 g/mol. The smallest absolute Gasteiger partial charge is 0.0302 e. The molecule has 0 heterocycles. The second-order valence-electron chi connectivity index (χ2n) is 2.68. The van der Waals surface area contributed by atoms with Gasteiger partial charge in [0.25, 0.3) is 0 Å². The average Bonchev–Trinajstić information content (AvgIpc) is 2.05. The summed E-state index contributed by atoms with van der Waals surface area (Å²) in [5.74, 6) is 0. The van der Waals surface area contributed by atoms with Gasteiger partial charge in [-0.05, 0) is 30.9 Å². The predicted octanol–water partition coefficient (Wildman–Crippen LogP) is 3.87. The molecule has 0 aliphatic carbocycles. The van der Waals surface area contributed by atoms with E-state index in [1.165, 1.54) is 16.7 Å². The van der Waals surface area contributed by atoms with E-state index in [9.17, 15) is 0 Å².